The number of anilines is 1. The molecule has 0 saturated heterocycles. The zero-order valence-electron chi connectivity index (χ0n) is 12.8. The highest BCUT2D eigenvalue weighted by Crippen LogP contribution is 2.23. The van der Waals surface area contributed by atoms with Gasteiger partial charge in [0.05, 0.1) is 0 Å². The number of carbonyl (C=O) groups excluding carboxylic acids is 2. The Morgan fingerprint density at radius 3 is 2.57 bits per heavy atom. The molecule has 1 aliphatic carbocycles. The Labute approximate surface area is 126 Å². The normalized spacial score (nSPS) is 21.6. The molecule has 114 valence electrons. The van der Waals surface area contributed by atoms with E-state index in [4.69, 9.17) is 0 Å². The minimum absolute atomic E-state index is 0.124. The van der Waals surface area contributed by atoms with Crippen LogP contribution >= 0.6 is 0 Å². The SMILES string of the molecule is CCc1ccccc1NC(=O)C(=O)NC1CCCCC1C. The van der Waals surface area contributed by atoms with Crippen LogP contribution in [0.3, 0.4) is 0 Å². The van der Waals surface area contributed by atoms with Crippen molar-refractivity contribution in [3.8, 4) is 0 Å². The molecule has 4 nitrogen and oxygen atoms in total. The minimum Gasteiger partial charge on any atom is -0.345 e. The van der Waals surface area contributed by atoms with Crippen LogP contribution in [0.4, 0.5) is 5.69 Å². The van der Waals surface area contributed by atoms with Gasteiger partial charge in [-0.3, -0.25) is 9.59 Å². The predicted molar refractivity (Wildman–Crippen MR) is 84.0 cm³/mol. The summed E-state index contributed by atoms with van der Waals surface area (Å²) >= 11 is 0. The lowest BCUT2D eigenvalue weighted by Gasteiger charge is -2.29. The van der Waals surface area contributed by atoms with Gasteiger partial charge >= 0.3 is 11.8 Å². The first kappa shape index (κ1) is 15.5. The molecule has 0 aliphatic heterocycles. The first-order valence-corrected chi connectivity index (χ1v) is 7.81. The standard InChI is InChI=1S/C17H24N2O2/c1-3-13-9-5-7-11-15(13)19-17(21)16(20)18-14-10-6-4-8-12(14)2/h5,7,9,11-12,14H,3-4,6,8,10H2,1-2H3,(H,18,20)(H,19,21). The van der Waals surface area contributed by atoms with E-state index in [0.717, 1.165) is 36.9 Å². The summed E-state index contributed by atoms with van der Waals surface area (Å²) < 4.78 is 0. The van der Waals surface area contributed by atoms with E-state index in [1.165, 1.54) is 6.42 Å². The van der Waals surface area contributed by atoms with Crippen molar-refractivity contribution in [3.63, 3.8) is 0 Å². The van der Waals surface area contributed by atoms with Gasteiger partial charge in [0.1, 0.15) is 0 Å². The quantitative estimate of drug-likeness (QED) is 0.840. The maximum Gasteiger partial charge on any atom is 0.313 e. The molecule has 1 aromatic carbocycles. The van der Waals surface area contributed by atoms with Gasteiger partial charge in [-0.05, 0) is 36.8 Å². The average Bonchev–Trinajstić information content (AvgIpc) is 2.50. The molecular formula is C17H24N2O2. The average molecular weight is 288 g/mol. The van der Waals surface area contributed by atoms with Crippen molar-refractivity contribution < 1.29 is 9.59 Å². The second-order valence-electron chi connectivity index (χ2n) is 5.81. The lowest BCUT2D eigenvalue weighted by atomic mass is 9.86. The van der Waals surface area contributed by atoms with E-state index < -0.39 is 11.8 Å². The van der Waals surface area contributed by atoms with Crippen LogP contribution in [0.25, 0.3) is 0 Å². The van der Waals surface area contributed by atoms with Crippen LogP contribution in [0, 0.1) is 5.92 Å². The molecule has 2 N–H and O–H groups in total. The number of amides is 2. The molecule has 1 aliphatic rings. The summed E-state index contributed by atoms with van der Waals surface area (Å²) in [5.74, 6) is -0.660. The van der Waals surface area contributed by atoms with Gasteiger partial charge in [-0.25, -0.2) is 0 Å². The van der Waals surface area contributed by atoms with Crippen molar-refractivity contribution in [3.05, 3.63) is 29.8 Å². The van der Waals surface area contributed by atoms with E-state index in [9.17, 15) is 9.59 Å². The van der Waals surface area contributed by atoms with Gasteiger partial charge in [-0.1, -0.05) is 44.9 Å². The van der Waals surface area contributed by atoms with Gasteiger partial charge in [0, 0.05) is 11.7 Å². The van der Waals surface area contributed by atoms with E-state index in [-0.39, 0.29) is 6.04 Å². The number of para-hydroxylation sites is 1. The van der Waals surface area contributed by atoms with Gasteiger partial charge in [-0.15, -0.1) is 0 Å². The van der Waals surface area contributed by atoms with Gasteiger partial charge < -0.3 is 10.6 Å². The van der Waals surface area contributed by atoms with E-state index in [2.05, 4.69) is 17.6 Å². The van der Waals surface area contributed by atoms with Crippen LogP contribution in [0.2, 0.25) is 0 Å². The lowest BCUT2D eigenvalue weighted by molar-refractivity contribution is -0.137. The Balaban J connectivity index is 1.94. The summed E-state index contributed by atoms with van der Waals surface area (Å²) in [7, 11) is 0. The molecule has 0 radical (unpaired) electrons. The zero-order valence-corrected chi connectivity index (χ0v) is 12.8. The summed E-state index contributed by atoms with van der Waals surface area (Å²) in [6, 6.07) is 7.69. The van der Waals surface area contributed by atoms with E-state index in [0.29, 0.717) is 5.92 Å². The third-order valence-electron chi connectivity index (χ3n) is 4.28. The van der Waals surface area contributed by atoms with E-state index in [1.54, 1.807) is 0 Å². The van der Waals surface area contributed by atoms with E-state index in [1.807, 2.05) is 31.2 Å². The molecule has 2 amide bonds. The van der Waals surface area contributed by atoms with Gasteiger partial charge in [0.15, 0.2) is 0 Å². The van der Waals surface area contributed by atoms with Crippen molar-refractivity contribution in [1.82, 2.24) is 5.32 Å². The fourth-order valence-corrected chi connectivity index (χ4v) is 2.89. The van der Waals surface area contributed by atoms with Crippen molar-refractivity contribution in [2.45, 2.75) is 52.0 Å². The second-order valence-corrected chi connectivity index (χ2v) is 5.81. The van der Waals surface area contributed by atoms with Crippen LogP contribution in [0.15, 0.2) is 24.3 Å². The van der Waals surface area contributed by atoms with Crippen LogP contribution in [-0.4, -0.2) is 17.9 Å². The summed E-state index contributed by atoms with van der Waals surface area (Å²) in [6.07, 6.45) is 5.23. The maximum atomic E-state index is 12.0. The third-order valence-corrected chi connectivity index (χ3v) is 4.28. The molecule has 21 heavy (non-hydrogen) atoms. The largest absolute Gasteiger partial charge is 0.345 e. The van der Waals surface area contributed by atoms with Crippen LogP contribution in [0.5, 0.6) is 0 Å². The number of hydrogen-bond acceptors (Lipinski definition) is 2. The zero-order chi connectivity index (χ0) is 15.2. The molecule has 4 heteroatoms. The van der Waals surface area contributed by atoms with Crippen LogP contribution < -0.4 is 10.6 Å². The molecule has 2 atom stereocenters. The molecule has 0 heterocycles. The molecule has 1 saturated carbocycles. The Morgan fingerprint density at radius 2 is 1.86 bits per heavy atom. The Hall–Kier alpha value is -1.84. The summed E-state index contributed by atoms with van der Waals surface area (Å²) in [5.41, 5.74) is 1.75. The topological polar surface area (TPSA) is 58.2 Å². The number of rotatable bonds is 3. The van der Waals surface area contributed by atoms with Gasteiger partial charge in [-0.2, -0.15) is 0 Å². The Morgan fingerprint density at radius 1 is 1.14 bits per heavy atom. The fourth-order valence-electron chi connectivity index (χ4n) is 2.89. The number of carbonyl (C=O) groups is 2. The molecule has 1 fully saturated rings. The maximum absolute atomic E-state index is 12.0. The molecule has 2 rings (SSSR count). The number of nitrogens with one attached hydrogen (secondary N) is 2. The molecule has 0 spiro atoms. The van der Waals surface area contributed by atoms with Crippen LogP contribution in [0.1, 0.15) is 45.1 Å². The number of aryl methyl sites for hydroxylation is 1. The Kier molecular flexibility index (Phi) is 5.37. The first-order chi connectivity index (χ1) is 10.1. The predicted octanol–water partition coefficient (Wildman–Crippen LogP) is 2.88. The summed E-state index contributed by atoms with van der Waals surface area (Å²) in [4.78, 5) is 24.1. The van der Waals surface area contributed by atoms with Gasteiger partial charge in [0.25, 0.3) is 0 Å². The highest BCUT2D eigenvalue weighted by Gasteiger charge is 2.25. The first-order valence-electron chi connectivity index (χ1n) is 7.81. The molecule has 2 unspecified atom stereocenters. The molecule has 0 bridgehead atoms. The van der Waals surface area contributed by atoms with Gasteiger partial charge in [0.2, 0.25) is 0 Å². The molecular weight excluding hydrogens is 264 g/mol. The highest BCUT2D eigenvalue weighted by atomic mass is 16.2. The number of hydrogen-bond donors (Lipinski definition) is 2. The monoisotopic (exact) mass is 288 g/mol. The second kappa shape index (κ2) is 7.25. The lowest BCUT2D eigenvalue weighted by Crippen LogP contribution is -2.45. The van der Waals surface area contributed by atoms with Crippen molar-refractivity contribution in [1.29, 1.82) is 0 Å². The van der Waals surface area contributed by atoms with Crippen molar-refractivity contribution in [2.75, 3.05) is 5.32 Å². The number of benzene rings is 1. The smallest absolute Gasteiger partial charge is 0.313 e. The van der Waals surface area contributed by atoms with Crippen molar-refractivity contribution >= 4 is 17.5 Å². The highest BCUT2D eigenvalue weighted by molar-refractivity contribution is 6.39. The van der Waals surface area contributed by atoms with Crippen molar-refractivity contribution in [2.24, 2.45) is 5.92 Å². The third kappa shape index (κ3) is 4.06. The minimum atomic E-state index is -0.575. The van der Waals surface area contributed by atoms with Crippen LogP contribution in [-0.2, 0) is 16.0 Å². The fraction of sp³-hybridized carbons (Fsp3) is 0.529. The van der Waals surface area contributed by atoms with E-state index >= 15 is 0 Å². The Bertz CT molecular complexity index is 513. The summed E-state index contributed by atoms with van der Waals surface area (Å²) in [5, 5.41) is 5.59. The molecule has 0 aromatic heterocycles. The molecule has 1 aromatic rings. The summed E-state index contributed by atoms with van der Waals surface area (Å²) in [6.45, 7) is 4.16.